The van der Waals surface area contributed by atoms with Gasteiger partial charge < -0.3 is 0 Å². The van der Waals surface area contributed by atoms with Crippen molar-refractivity contribution in [1.29, 1.82) is 0 Å². The Morgan fingerprint density at radius 2 is 0.743 bits per heavy atom. The van der Waals surface area contributed by atoms with E-state index < -0.39 is 0 Å². The summed E-state index contributed by atoms with van der Waals surface area (Å²) in [5.41, 5.74) is 1.69. The summed E-state index contributed by atoms with van der Waals surface area (Å²) >= 11 is 0. The van der Waals surface area contributed by atoms with Crippen molar-refractivity contribution < 1.29 is 14.8 Å². The Morgan fingerprint density at radius 3 is 1.00 bits per heavy atom. The van der Waals surface area contributed by atoms with Gasteiger partial charge in [-0.1, -0.05) is 154 Å². The first-order valence-electron chi connectivity index (χ1n) is 15.3. The lowest BCUT2D eigenvalue weighted by Crippen LogP contribution is -2.17. The molecule has 0 heterocycles. The number of hydrogen-bond acceptors (Lipinski definition) is 4. The van der Waals surface area contributed by atoms with Crippen LogP contribution in [-0.2, 0) is 9.59 Å². The molecule has 0 rings (SSSR count). The zero-order chi connectivity index (χ0) is 25.5. The molecule has 0 spiro atoms. The molecule has 35 heavy (non-hydrogen) atoms. The summed E-state index contributed by atoms with van der Waals surface area (Å²) in [7, 11) is 0. The van der Waals surface area contributed by atoms with Gasteiger partial charge in [0, 0.05) is 6.42 Å². The third-order valence-corrected chi connectivity index (χ3v) is 7.11. The topological polar surface area (TPSA) is 78.8 Å². The summed E-state index contributed by atoms with van der Waals surface area (Å²) in [5, 5.41) is 8.43. The number of hydrogen-bond donors (Lipinski definition) is 2. The van der Waals surface area contributed by atoms with Gasteiger partial charge in [-0.15, -0.1) is 0 Å². The van der Waals surface area contributed by atoms with Crippen molar-refractivity contribution in [2.45, 2.75) is 173 Å². The number of carbonyl (C=O) groups is 1. The zero-order valence-electron chi connectivity index (χ0n) is 23.0. The zero-order valence-corrected chi connectivity index (χ0v) is 23.0. The minimum atomic E-state index is -0.262. The van der Waals surface area contributed by atoms with Gasteiger partial charge in [0.25, 0.3) is 0 Å². The van der Waals surface area contributed by atoms with Crippen LogP contribution in [0.2, 0.25) is 0 Å². The summed E-state index contributed by atoms with van der Waals surface area (Å²) in [6.07, 6.45) is 36.7. The fourth-order valence-electron chi connectivity index (χ4n) is 4.82. The number of hydroxylamine groups is 1. The number of nitrogens with zero attached hydrogens (tertiary/aromatic N) is 1. The molecule has 0 saturated heterocycles. The summed E-state index contributed by atoms with van der Waals surface area (Å²) < 4.78 is 0. The van der Waals surface area contributed by atoms with Gasteiger partial charge in [0.2, 0.25) is 12.0 Å². The fraction of sp³-hybridized carbons (Fsp3) is 0.933. The smallest absolute Gasteiger partial charge is 0.243 e. The molecule has 1 amide bonds. The number of rotatable bonds is 29. The molecule has 0 bridgehead atoms. The summed E-state index contributed by atoms with van der Waals surface area (Å²) in [6.45, 7) is 0.658. The van der Waals surface area contributed by atoms with Crippen LogP contribution in [0.15, 0.2) is 4.99 Å². The SMILES string of the molecule is O=C=NCCCCCCCCCCCCCCCCCCCCCCCCCCCCC(=O)NO. The second-order valence-corrected chi connectivity index (χ2v) is 10.5. The number of carbonyl (C=O) groups excluding carboxylic acids is 2. The van der Waals surface area contributed by atoms with E-state index in [9.17, 15) is 9.59 Å². The molecule has 5 heteroatoms. The van der Waals surface area contributed by atoms with Crippen molar-refractivity contribution in [3.05, 3.63) is 0 Å². The van der Waals surface area contributed by atoms with Crippen LogP contribution in [0.5, 0.6) is 0 Å². The van der Waals surface area contributed by atoms with E-state index in [1.54, 1.807) is 11.6 Å². The Hall–Kier alpha value is -1.19. The van der Waals surface area contributed by atoms with Crippen molar-refractivity contribution in [3.63, 3.8) is 0 Å². The highest BCUT2D eigenvalue weighted by Crippen LogP contribution is 2.16. The van der Waals surface area contributed by atoms with Crippen LogP contribution in [0.3, 0.4) is 0 Å². The van der Waals surface area contributed by atoms with Crippen LogP contribution in [0.4, 0.5) is 0 Å². The summed E-state index contributed by atoms with van der Waals surface area (Å²) in [5.74, 6) is -0.262. The van der Waals surface area contributed by atoms with Crippen LogP contribution < -0.4 is 5.48 Å². The predicted molar refractivity (Wildman–Crippen MR) is 148 cm³/mol. The van der Waals surface area contributed by atoms with Crippen LogP contribution in [0, 0.1) is 0 Å². The standard InChI is InChI=1S/C30H58N2O3/c33-29-31-28-26-24-22-20-18-16-14-12-10-8-6-4-2-1-3-5-7-9-11-13-15-17-19-21-23-25-27-30(34)32-35/h35H,1-28H2,(H,32,34). The Bertz CT molecular complexity index is 478. The van der Waals surface area contributed by atoms with Gasteiger partial charge >= 0.3 is 0 Å². The van der Waals surface area contributed by atoms with Crippen molar-refractivity contribution >= 4 is 12.0 Å². The van der Waals surface area contributed by atoms with Crippen LogP contribution in [0.25, 0.3) is 0 Å². The highest BCUT2D eigenvalue weighted by Gasteiger charge is 1.99. The van der Waals surface area contributed by atoms with Crippen molar-refractivity contribution in [1.82, 2.24) is 5.48 Å². The quantitative estimate of drug-likeness (QED) is 0.0357. The van der Waals surface area contributed by atoms with Crippen LogP contribution in [0.1, 0.15) is 173 Å². The van der Waals surface area contributed by atoms with E-state index in [1.807, 2.05) is 0 Å². The average Bonchev–Trinajstić information content (AvgIpc) is 2.87. The van der Waals surface area contributed by atoms with Crippen molar-refractivity contribution in [2.75, 3.05) is 6.54 Å². The molecule has 0 aromatic carbocycles. The molecule has 0 fully saturated rings. The number of nitrogens with one attached hydrogen (secondary N) is 1. The fourth-order valence-corrected chi connectivity index (χ4v) is 4.82. The van der Waals surface area contributed by atoms with Crippen LogP contribution >= 0.6 is 0 Å². The van der Waals surface area contributed by atoms with Crippen molar-refractivity contribution in [2.24, 2.45) is 4.99 Å². The van der Waals surface area contributed by atoms with Gasteiger partial charge in [0.1, 0.15) is 0 Å². The number of isocyanates is 1. The largest absolute Gasteiger partial charge is 0.289 e. The molecule has 0 unspecified atom stereocenters. The third-order valence-electron chi connectivity index (χ3n) is 7.11. The van der Waals surface area contributed by atoms with E-state index in [2.05, 4.69) is 4.99 Å². The lowest BCUT2D eigenvalue weighted by molar-refractivity contribution is -0.129. The molecule has 0 aromatic rings. The maximum atomic E-state index is 10.9. The molecule has 0 saturated carbocycles. The minimum Gasteiger partial charge on any atom is -0.289 e. The van der Waals surface area contributed by atoms with E-state index in [0.29, 0.717) is 13.0 Å². The van der Waals surface area contributed by atoms with Gasteiger partial charge in [-0.3, -0.25) is 10.0 Å². The molecule has 2 N–H and O–H groups in total. The molecule has 0 radical (unpaired) electrons. The second kappa shape index (κ2) is 30.8. The third kappa shape index (κ3) is 30.8. The molecular weight excluding hydrogens is 436 g/mol. The Kier molecular flexibility index (Phi) is 29.8. The second-order valence-electron chi connectivity index (χ2n) is 10.5. The minimum absolute atomic E-state index is 0.262. The predicted octanol–water partition coefficient (Wildman–Crippen LogP) is 9.36. The normalized spacial score (nSPS) is 10.9. The summed E-state index contributed by atoms with van der Waals surface area (Å²) in [4.78, 5) is 24.5. The Labute approximate surface area is 217 Å². The van der Waals surface area contributed by atoms with E-state index in [0.717, 1.165) is 19.3 Å². The molecule has 0 atom stereocenters. The first-order valence-corrected chi connectivity index (χ1v) is 15.3. The molecule has 0 aliphatic rings. The monoisotopic (exact) mass is 494 g/mol. The molecule has 0 aliphatic heterocycles. The van der Waals surface area contributed by atoms with Crippen molar-refractivity contribution in [3.8, 4) is 0 Å². The van der Waals surface area contributed by atoms with E-state index in [1.165, 1.54) is 148 Å². The van der Waals surface area contributed by atoms with Gasteiger partial charge in [0.15, 0.2) is 0 Å². The van der Waals surface area contributed by atoms with E-state index >= 15 is 0 Å². The van der Waals surface area contributed by atoms with Gasteiger partial charge in [-0.05, 0) is 12.8 Å². The Balaban J connectivity index is 3.04. The molecule has 5 nitrogen and oxygen atoms in total. The lowest BCUT2D eigenvalue weighted by Gasteiger charge is -2.04. The van der Waals surface area contributed by atoms with Crippen LogP contribution in [-0.4, -0.2) is 23.7 Å². The molecule has 206 valence electrons. The van der Waals surface area contributed by atoms with Gasteiger partial charge in [-0.2, -0.15) is 0 Å². The average molecular weight is 495 g/mol. The first-order chi connectivity index (χ1) is 17.3. The molecule has 0 aliphatic carbocycles. The van der Waals surface area contributed by atoms with Gasteiger partial charge in [0.05, 0.1) is 6.54 Å². The van der Waals surface area contributed by atoms with E-state index in [4.69, 9.17) is 5.21 Å². The lowest BCUT2D eigenvalue weighted by atomic mass is 10.0. The number of unbranched alkanes of at least 4 members (excludes halogenated alkanes) is 25. The summed E-state index contributed by atoms with van der Waals surface area (Å²) in [6, 6.07) is 0. The Morgan fingerprint density at radius 1 is 0.486 bits per heavy atom. The van der Waals surface area contributed by atoms with Gasteiger partial charge in [-0.25, -0.2) is 15.3 Å². The maximum Gasteiger partial charge on any atom is 0.243 e. The number of amides is 1. The highest BCUT2D eigenvalue weighted by molar-refractivity contribution is 5.74. The molecular formula is C30H58N2O3. The van der Waals surface area contributed by atoms with E-state index in [-0.39, 0.29) is 5.91 Å². The molecule has 0 aromatic heterocycles. The maximum absolute atomic E-state index is 10.9. The first kappa shape index (κ1) is 33.8. The highest BCUT2D eigenvalue weighted by atomic mass is 16.5. The number of aliphatic imine (C=N–C) groups is 1.